The molecule has 16 heteroatoms. The van der Waals surface area contributed by atoms with Crippen LogP contribution in [0.5, 0.6) is 23.0 Å². The standard InChI is InChI=1S/C24H16Cl2F4N3O4P3/c25-38(34-21-9-1-17(27)2-10-21)31-39(26,35-22-11-3-18(28)4-12-22)33-40(32-38,36-23-13-5-19(29)6-14-23)37-24-15-7-20(30)8-16-24/h1-16H. The zero-order valence-electron chi connectivity index (χ0n) is 19.8. The molecule has 0 amide bonds. The lowest BCUT2D eigenvalue weighted by atomic mass is 10.3. The van der Waals surface area contributed by atoms with E-state index in [4.69, 9.17) is 40.6 Å². The molecule has 0 spiro atoms. The number of halogens is 6. The number of rotatable bonds is 8. The van der Waals surface area contributed by atoms with Crippen LogP contribution in [0.25, 0.3) is 0 Å². The topological polar surface area (TPSA) is 74.0 Å². The van der Waals surface area contributed by atoms with Gasteiger partial charge in [0.2, 0.25) is 0 Å². The summed E-state index contributed by atoms with van der Waals surface area (Å²) in [7, 11) is -4.05. The maximum absolute atomic E-state index is 13.6. The molecular formula is C24H16Cl2F4N3O4P3. The molecule has 7 nitrogen and oxygen atoms in total. The van der Waals surface area contributed by atoms with Crippen LogP contribution < -0.4 is 18.1 Å². The molecule has 4 aromatic rings. The fourth-order valence-electron chi connectivity index (χ4n) is 3.16. The highest BCUT2D eigenvalue weighted by molar-refractivity contribution is 8.00. The van der Waals surface area contributed by atoms with Crippen molar-refractivity contribution in [2.24, 2.45) is 13.5 Å². The van der Waals surface area contributed by atoms with E-state index >= 15 is 0 Å². The number of hydrogen-bond acceptors (Lipinski definition) is 7. The lowest BCUT2D eigenvalue weighted by Crippen LogP contribution is -2.03. The Balaban J connectivity index is 1.69. The van der Waals surface area contributed by atoms with Gasteiger partial charge in [-0.1, -0.05) is 0 Å². The number of nitrogens with zero attached hydrogens (tertiary/aromatic N) is 3. The SMILES string of the molecule is Fc1ccc(OP2(Cl)=NP(Cl)(Oc3ccc(F)cc3)=NP(Oc3ccc(F)cc3)(Oc3ccc(F)cc3)=N2)cc1. The third kappa shape index (κ3) is 7.22. The molecule has 0 fully saturated rings. The maximum Gasteiger partial charge on any atom is 0.457 e. The Bertz CT molecular complexity index is 1590. The average Bonchev–Trinajstić information content (AvgIpc) is 2.89. The lowest BCUT2D eigenvalue weighted by molar-refractivity contribution is 0.473. The van der Waals surface area contributed by atoms with E-state index in [1.807, 2.05) is 0 Å². The van der Waals surface area contributed by atoms with Crippen molar-refractivity contribution in [2.45, 2.75) is 0 Å². The second-order valence-corrected chi connectivity index (χ2v) is 16.3. The van der Waals surface area contributed by atoms with Crippen molar-refractivity contribution in [2.75, 3.05) is 0 Å². The molecule has 0 radical (unpaired) electrons. The molecule has 0 saturated carbocycles. The first-order chi connectivity index (χ1) is 19.0. The number of benzene rings is 4. The highest BCUT2D eigenvalue weighted by Gasteiger charge is 2.43. The minimum absolute atomic E-state index is 0.0706. The Kier molecular flexibility index (Phi) is 8.23. The van der Waals surface area contributed by atoms with Crippen LogP contribution in [-0.4, -0.2) is 0 Å². The summed E-state index contributed by atoms with van der Waals surface area (Å²) < 4.78 is 91.5. The van der Waals surface area contributed by atoms with Crippen LogP contribution in [-0.2, 0) is 0 Å². The van der Waals surface area contributed by atoms with Gasteiger partial charge >= 0.3 is 21.2 Å². The molecule has 5 rings (SSSR count). The third-order valence-corrected chi connectivity index (χ3v) is 14.8. The summed E-state index contributed by atoms with van der Waals surface area (Å²) in [6.07, 6.45) is 0. The van der Waals surface area contributed by atoms with Gasteiger partial charge in [-0.05, 0) is 120 Å². The first-order valence-electron chi connectivity index (χ1n) is 11.1. The molecule has 0 aliphatic carbocycles. The average molecular weight is 650 g/mol. The van der Waals surface area contributed by atoms with Crippen molar-refractivity contribution >= 4 is 43.7 Å². The molecule has 0 aromatic heterocycles. The van der Waals surface area contributed by atoms with Crippen LogP contribution in [0.1, 0.15) is 0 Å². The second-order valence-electron chi connectivity index (χ2n) is 7.89. The summed E-state index contributed by atoms with van der Waals surface area (Å²) in [5.74, 6) is -1.81. The van der Waals surface area contributed by atoms with Crippen molar-refractivity contribution in [1.29, 1.82) is 0 Å². The van der Waals surface area contributed by atoms with E-state index in [-0.39, 0.29) is 23.0 Å². The van der Waals surface area contributed by atoms with Gasteiger partial charge in [-0.15, -0.1) is 13.5 Å². The van der Waals surface area contributed by atoms with Gasteiger partial charge in [0.05, 0.1) is 0 Å². The van der Waals surface area contributed by atoms with Gasteiger partial charge in [-0.2, -0.15) is 0 Å². The van der Waals surface area contributed by atoms with Crippen molar-refractivity contribution in [3.63, 3.8) is 0 Å². The van der Waals surface area contributed by atoms with E-state index in [0.29, 0.717) is 0 Å². The van der Waals surface area contributed by atoms with Crippen molar-refractivity contribution in [1.82, 2.24) is 0 Å². The minimum atomic E-state index is -4.05. The molecule has 1 heterocycles. The highest BCUT2D eigenvalue weighted by atomic mass is 35.7. The molecule has 40 heavy (non-hydrogen) atoms. The summed E-state index contributed by atoms with van der Waals surface area (Å²) in [4.78, 5) is 0. The lowest BCUT2D eigenvalue weighted by Gasteiger charge is -2.29. The second kappa shape index (κ2) is 11.5. The van der Waals surface area contributed by atoms with Gasteiger partial charge in [-0.3, -0.25) is 0 Å². The fraction of sp³-hybridized carbons (Fsp3) is 0. The van der Waals surface area contributed by atoms with Crippen molar-refractivity contribution < 1.29 is 35.7 Å². The molecule has 2 unspecified atom stereocenters. The van der Waals surface area contributed by atoms with Gasteiger partial charge in [0.1, 0.15) is 46.3 Å². The summed E-state index contributed by atoms with van der Waals surface area (Å²) >= 11 is 13.7. The van der Waals surface area contributed by atoms with Gasteiger partial charge < -0.3 is 18.1 Å². The fourth-order valence-corrected chi connectivity index (χ4v) is 14.6. The molecule has 208 valence electrons. The molecule has 0 bridgehead atoms. The molecular weight excluding hydrogens is 634 g/mol. The zero-order chi connectivity index (χ0) is 28.4. The van der Waals surface area contributed by atoms with Crippen LogP contribution in [0.3, 0.4) is 0 Å². The first kappa shape index (κ1) is 28.6. The van der Waals surface area contributed by atoms with Crippen LogP contribution in [0.4, 0.5) is 17.6 Å². The highest BCUT2D eigenvalue weighted by Crippen LogP contribution is 2.81. The van der Waals surface area contributed by atoms with E-state index in [1.54, 1.807) is 0 Å². The summed E-state index contributed by atoms with van der Waals surface area (Å²) in [5.41, 5.74) is 0. The van der Waals surface area contributed by atoms with Gasteiger partial charge in [0.25, 0.3) is 0 Å². The minimum Gasteiger partial charge on any atom is -0.431 e. The summed E-state index contributed by atoms with van der Waals surface area (Å²) in [6, 6.07) is 19.5. The van der Waals surface area contributed by atoms with Crippen LogP contribution >= 0.6 is 43.7 Å². The Labute approximate surface area is 235 Å². The molecule has 1 aliphatic heterocycles. The van der Waals surface area contributed by atoms with E-state index in [9.17, 15) is 17.6 Å². The Morgan fingerprint density at radius 1 is 0.400 bits per heavy atom. The van der Waals surface area contributed by atoms with E-state index in [1.165, 1.54) is 48.5 Å². The number of hydrogen-bond donors (Lipinski definition) is 0. The van der Waals surface area contributed by atoms with Crippen molar-refractivity contribution in [3.05, 3.63) is 120 Å². The largest absolute Gasteiger partial charge is 0.457 e. The van der Waals surface area contributed by atoms with Crippen LogP contribution in [0.15, 0.2) is 111 Å². The van der Waals surface area contributed by atoms with Crippen LogP contribution in [0, 0.1) is 23.3 Å². The van der Waals surface area contributed by atoms with Crippen molar-refractivity contribution in [3.8, 4) is 23.0 Å². The van der Waals surface area contributed by atoms with E-state index < -0.39 is 44.5 Å². The Hall–Kier alpha value is -2.93. The smallest absolute Gasteiger partial charge is 0.431 e. The predicted molar refractivity (Wildman–Crippen MR) is 148 cm³/mol. The zero-order valence-corrected chi connectivity index (χ0v) is 24.0. The van der Waals surface area contributed by atoms with E-state index in [2.05, 4.69) is 13.5 Å². The summed E-state index contributed by atoms with van der Waals surface area (Å²) in [6.45, 7) is -7.81. The molecule has 1 aliphatic rings. The van der Waals surface area contributed by atoms with E-state index in [0.717, 1.165) is 48.5 Å². The third-order valence-electron chi connectivity index (χ3n) is 4.81. The summed E-state index contributed by atoms with van der Waals surface area (Å²) in [5, 5.41) is 0. The normalized spacial score (nSPS) is 21.2. The molecule has 0 N–H and O–H groups in total. The Morgan fingerprint density at radius 2 is 0.675 bits per heavy atom. The quantitative estimate of drug-likeness (QED) is 0.141. The van der Waals surface area contributed by atoms with Gasteiger partial charge in [0, 0.05) is 0 Å². The van der Waals surface area contributed by atoms with Crippen LogP contribution in [0.2, 0.25) is 0 Å². The molecule has 0 saturated heterocycles. The van der Waals surface area contributed by atoms with Gasteiger partial charge in [0.15, 0.2) is 0 Å². The maximum atomic E-state index is 13.6. The first-order valence-corrected chi connectivity index (χ1v) is 17.7. The monoisotopic (exact) mass is 649 g/mol. The molecule has 2 atom stereocenters. The Morgan fingerprint density at radius 3 is 1.00 bits per heavy atom. The van der Waals surface area contributed by atoms with Gasteiger partial charge in [-0.25, -0.2) is 17.6 Å². The predicted octanol–water partition coefficient (Wildman–Crippen LogP) is 11.2. The molecule has 4 aromatic carbocycles.